The van der Waals surface area contributed by atoms with Gasteiger partial charge in [-0.2, -0.15) is 0 Å². The number of rotatable bonds is 6. The lowest BCUT2D eigenvalue weighted by Crippen LogP contribution is -2.14. The van der Waals surface area contributed by atoms with E-state index in [-0.39, 0.29) is 11.8 Å². The lowest BCUT2D eigenvalue weighted by atomic mass is 10.2. The molecule has 2 rings (SSSR count). The van der Waals surface area contributed by atoms with Crippen LogP contribution in [0, 0.1) is 0 Å². The fraction of sp³-hybridized carbons (Fsp3) is 0.176. The van der Waals surface area contributed by atoms with Crippen molar-refractivity contribution >= 4 is 58.2 Å². The Morgan fingerprint density at radius 1 is 1.04 bits per heavy atom. The van der Waals surface area contributed by atoms with Gasteiger partial charge in [-0.1, -0.05) is 35.3 Å². The van der Waals surface area contributed by atoms with E-state index in [1.807, 2.05) is 6.07 Å². The van der Waals surface area contributed by atoms with Crippen molar-refractivity contribution < 1.29 is 9.59 Å². The summed E-state index contributed by atoms with van der Waals surface area (Å²) in [6.07, 6.45) is 0. The van der Waals surface area contributed by atoms with E-state index in [1.54, 1.807) is 36.4 Å². The Labute approximate surface area is 154 Å². The van der Waals surface area contributed by atoms with E-state index in [9.17, 15) is 9.59 Å². The van der Waals surface area contributed by atoms with E-state index in [4.69, 9.17) is 23.2 Å². The second-order valence-corrected chi connectivity index (χ2v) is 6.87. The number of nitrogens with one attached hydrogen (secondary N) is 2. The molecule has 4 nitrogen and oxygen atoms in total. The van der Waals surface area contributed by atoms with Crippen LogP contribution in [0.2, 0.25) is 10.0 Å². The Morgan fingerprint density at radius 3 is 2.42 bits per heavy atom. The number of hydrogen-bond donors (Lipinski definition) is 2. The minimum atomic E-state index is -0.158. The number of anilines is 2. The number of carbonyl (C=O) groups is 2. The van der Waals surface area contributed by atoms with E-state index in [0.717, 1.165) is 5.56 Å². The highest BCUT2D eigenvalue weighted by molar-refractivity contribution is 7.99. The molecule has 0 unspecified atom stereocenters. The summed E-state index contributed by atoms with van der Waals surface area (Å²) in [7, 11) is 0. The molecule has 2 N–H and O–H groups in total. The Bertz CT molecular complexity index is 753. The van der Waals surface area contributed by atoms with Gasteiger partial charge in [-0.15, -0.1) is 11.8 Å². The van der Waals surface area contributed by atoms with Gasteiger partial charge >= 0.3 is 0 Å². The molecule has 0 fully saturated rings. The van der Waals surface area contributed by atoms with E-state index in [0.29, 0.717) is 32.9 Å². The minimum Gasteiger partial charge on any atom is -0.326 e. The molecular formula is C17H16Cl2N2O2S. The molecule has 0 heterocycles. The molecule has 0 bridgehead atoms. The van der Waals surface area contributed by atoms with Crippen LogP contribution >= 0.6 is 35.0 Å². The number of benzene rings is 2. The quantitative estimate of drug-likeness (QED) is 0.752. The van der Waals surface area contributed by atoms with Gasteiger partial charge in [0.25, 0.3) is 0 Å². The van der Waals surface area contributed by atoms with Crippen LogP contribution < -0.4 is 10.6 Å². The van der Waals surface area contributed by atoms with Crippen molar-refractivity contribution in [1.82, 2.24) is 0 Å². The maximum absolute atomic E-state index is 12.0. The Hall–Kier alpha value is -1.69. The summed E-state index contributed by atoms with van der Waals surface area (Å²) in [4.78, 5) is 23.1. The normalized spacial score (nSPS) is 10.3. The summed E-state index contributed by atoms with van der Waals surface area (Å²) in [6.45, 7) is 1.43. The van der Waals surface area contributed by atoms with Crippen molar-refractivity contribution in [3.8, 4) is 0 Å². The van der Waals surface area contributed by atoms with Crippen molar-refractivity contribution in [3.05, 3.63) is 58.1 Å². The zero-order chi connectivity index (χ0) is 17.5. The van der Waals surface area contributed by atoms with Crippen LogP contribution in [0.25, 0.3) is 0 Å². The number of amides is 2. The van der Waals surface area contributed by atoms with E-state index < -0.39 is 0 Å². The van der Waals surface area contributed by atoms with E-state index >= 15 is 0 Å². The first-order valence-corrected chi connectivity index (χ1v) is 9.04. The van der Waals surface area contributed by atoms with Gasteiger partial charge in [-0.3, -0.25) is 9.59 Å². The lowest BCUT2D eigenvalue weighted by molar-refractivity contribution is -0.114. The Morgan fingerprint density at radius 2 is 1.75 bits per heavy atom. The standard InChI is InChI=1S/C17H16Cl2N2O2S/c1-11(22)20-14-3-2-4-15(8-14)21-17(23)10-24-9-12-5-6-13(18)7-16(12)19/h2-8H,9-10H2,1H3,(H,20,22)(H,21,23). The van der Waals surface area contributed by atoms with Gasteiger partial charge in [0.1, 0.15) is 0 Å². The molecular weight excluding hydrogens is 367 g/mol. The van der Waals surface area contributed by atoms with Crippen LogP contribution in [0.4, 0.5) is 11.4 Å². The second kappa shape index (κ2) is 8.97. The molecule has 0 radical (unpaired) electrons. The molecule has 2 aromatic rings. The highest BCUT2D eigenvalue weighted by Crippen LogP contribution is 2.24. The Kier molecular flexibility index (Phi) is 6.97. The average molecular weight is 383 g/mol. The zero-order valence-corrected chi connectivity index (χ0v) is 15.3. The molecule has 0 saturated carbocycles. The van der Waals surface area contributed by atoms with E-state index in [1.165, 1.54) is 18.7 Å². The molecule has 2 amide bonds. The third kappa shape index (κ3) is 6.07. The summed E-state index contributed by atoms with van der Waals surface area (Å²) in [5, 5.41) is 6.66. The van der Waals surface area contributed by atoms with Crippen molar-refractivity contribution in [2.75, 3.05) is 16.4 Å². The highest BCUT2D eigenvalue weighted by Gasteiger charge is 2.06. The van der Waals surface area contributed by atoms with Gasteiger partial charge in [0.15, 0.2) is 0 Å². The van der Waals surface area contributed by atoms with Gasteiger partial charge in [0.2, 0.25) is 11.8 Å². The molecule has 2 aromatic carbocycles. The molecule has 0 spiro atoms. The second-order valence-electron chi connectivity index (χ2n) is 5.04. The van der Waals surface area contributed by atoms with Crippen LogP contribution in [0.15, 0.2) is 42.5 Å². The summed E-state index contributed by atoms with van der Waals surface area (Å²) >= 11 is 13.4. The predicted molar refractivity (Wildman–Crippen MR) is 102 cm³/mol. The van der Waals surface area contributed by atoms with Crippen LogP contribution in [0.5, 0.6) is 0 Å². The van der Waals surface area contributed by atoms with Crippen LogP contribution in [0.3, 0.4) is 0 Å². The lowest BCUT2D eigenvalue weighted by Gasteiger charge is -2.08. The van der Waals surface area contributed by atoms with Crippen molar-refractivity contribution in [3.63, 3.8) is 0 Å². The van der Waals surface area contributed by atoms with Crippen LogP contribution in [-0.2, 0) is 15.3 Å². The number of hydrogen-bond acceptors (Lipinski definition) is 3. The predicted octanol–water partition coefficient (Wildman–Crippen LogP) is 4.82. The number of thioether (sulfide) groups is 1. The summed E-state index contributed by atoms with van der Waals surface area (Å²) in [5.41, 5.74) is 2.21. The smallest absolute Gasteiger partial charge is 0.234 e. The largest absolute Gasteiger partial charge is 0.326 e. The monoisotopic (exact) mass is 382 g/mol. The molecule has 0 aliphatic carbocycles. The summed E-state index contributed by atoms with van der Waals surface area (Å²) < 4.78 is 0. The number of halogens is 2. The SMILES string of the molecule is CC(=O)Nc1cccc(NC(=O)CSCc2ccc(Cl)cc2Cl)c1. The topological polar surface area (TPSA) is 58.2 Å². The van der Waals surface area contributed by atoms with Crippen molar-refractivity contribution in [2.45, 2.75) is 12.7 Å². The fourth-order valence-electron chi connectivity index (χ4n) is 1.97. The maximum Gasteiger partial charge on any atom is 0.234 e. The maximum atomic E-state index is 12.0. The van der Waals surface area contributed by atoms with Crippen molar-refractivity contribution in [1.29, 1.82) is 0 Å². The van der Waals surface area contributed by atoms with Crippen molar-refractivity contribution in [2.24, 2.45) is 0 Å². The third-order valence-electron chi connectivity index (χ3n) is 2.97. The first kappa shape index (κ1) is 18.6. The molecule has 0 aliphatic heterocycles. The molecule has 126 valence electrons. The molecule has 0 saturated heterocycles. The summed E-state index contributed by atoms with van der Waals surface area (Å²) in [5.74, 6) is 0.637. The molecule has 0 atom stereocenters. The molecule has 0 aliphatic rings. The van der Waals surface area contributed by atoms with Gasteiger partial charge < -0.3 is 10.6 Å². The first-order valence-electron chi connectivity index (χ1n) is 7.13. The van der Waals surface area contributed by atoms with Crippen LogP contribution in [-0.4, -0.2) is 17.6 Å². The minimum absolute atomic E-state index is 0.120. The zero-order valence-electron chi connectivity index (χ0n) is 12.9. The van der Waals surface area contributed by atoms with Crippen LogP contribution in [0.1, 0.15) is 12.5 Å². The highest BCUT2D eigenvalue weighted by atomic mass is 35.5. The average Bonchev–Trinajstić information content (AvgIpc) is 2.49. The first-order chi connectivity index (χ1) is 11.4. The number of carbonyl (C=O) groups excluding carboxylic acids is 2. The fourth-order valence-corrected chi connectivity index (χ4v) is 3.35. The Balaban J connectivity index is 1.84. The van der Waals surface area contributed by atoms with Gasteiger partial charge in [-0.05, 0) is 35.9 Å². The van der Waals surface area contributed by atoms with Gasteiger partial charge in [-0.25, -0.2) is 0 Å². The third-order valence-corrected chi connectivity index (χ3v) is 4.54. The van der Waals surface area contributed by atoms with E-state index in [2.05, 4.69) is 10.6 Å². The summed E-state index contributed by atoms with van der Waals surface area (Å²) in [6, 6.07) is 12.3. The van der Waals surface area contributed by atoms with Gasteiger partial charge in [0, 0.05) is 34.1 Å². The van der Waals surface area contributed by atoms with Gasteiger partial charge in [0.05, 0.1) is 5.75 Å². The molecule has 7 heteroatoms. The molecule has 0 aromatic heterocycles. The molecule has 24 heavy (non-hydrogen) atoms.